The first-order chi connectivity index (χ1) is 14.9. The smallest absolute Gasteiger partial charge is 0.225 e. The van der Waals surface area contributed by atoms with E-state index in [4.69, 9.17) is 9.47 Å². The maximum absolute atomic E-state index is 13.3. The van der Waals surface area contributed by atoms with Gasteiger partial charge in [-0.2, -0.15) is 0 Å². The molecule has 1 N–H and O–H groups in total. The second-order valence-corrected chi connectivity index (χ2v) is 8.71. The molecule has 2 aromatic carbocycles. The van der Waals surface area contributed by atoms with Gasteiger partial charge in [-0.25, -0.2) is 0 Å². The number of rotatable bonds is 5. The molecule has 5 heteroatoms. The fraction of sp³-hybridized carbons (Fsp3) is 0.385. The third kappa shape index (κ3) is 4.36. The van der Waals surface area contributed by atoms with Crippen LogP contribution in [0.3, 0.4) is 0 Å². The lowest BCUT2D eigenvalue weighted by Crippen LogP contribution is -2.38. The maximum Gasteiger partial charge on any atom is 0.225 e. The molecule has 2 unspecified atom stereocenters. The van der Waals surface area contributed by atoms with E-state index in [-0.39, 0.29) is 36.1 Å². The number of ether oxygens (including phenoxy) is 2. The van der Waals surface area contributed by atoms with Crippen LogP contribution in [-0.2, 0) is 9.59 Å². The molecule has 2 atom stereocenters. The maximum atomic E-state index is 13.3. The lowest BCUT2D eigenvalue weighted by molar-refractivity contribution is -0.122. The lowest BCUT2D eigenvalue weighted by Gasteiger charge is -2.34. The molecule has 2 aliphatic rings. The number of nitrogens with one attached hydrogen (secondary N) is 1. The Morgan fingerprint density at radius 2 is 1.65 bits per heavy atom. The zero-order chi connectivity index (χ0) is 22.1. The van der Waals surface area contributed by atoms with Gasteiger partial charge in [-0.3, -0.25) is 9.59 Å². The number of carbonyl (C=O) groups excluding carboxylic acids is 2. The van der Waals surface area contributed by atoms with Gasteiger partial charge in [0, 0.05) is 30.0 Å². The first kappa shape index (κ1) is 21.2. The van der Waals surface area contributed by atoms with Crippen LogP contribution >= 0.6 is 0 Å². The minimum Gasteiger partial charge on any atom is -0.493 e. The molecule has 1 heterocycles. The Balaban J connectivity index is 1.68. The zero-order valence-corrected chi connectivity index (χ0v) is 18.5. The Kier molecular flexibility index (Phi) is 5.86. The summed E-state index contributed by atoms with van der Waals surface area (Å²) in [6, 6.07) is 14.0. The summed E-state index contributed by atoms with van der Waals surface area (Å²) in [6.45, 7) is 5.97. The van der Waals surface area contributed by atoms with Gasteiger partial charge in [0.1, 0.15) is 0 Å². The number of hydrogen-bond donors (Lipinski definition) is 1. The van der Waals surface area contributed by atoms with Crippen LogP contribution in [0, 0.1) is 6.92 Å². The second-order valence-electron chi connectivity index (χ2n) is 8.71. The summed E-state index contributed by atoms with van der Waals surface area (Å²) in [4.78, 5) is 25.8. The molecule has 4 rings (SSSR count). The van der Waals surface area contributed by atoms with Crippen molar-refractivity contribution >= 4 is 11.7 Å². The molecule has 0 fully saturated rings. The van der Waals surface area contributed by atoms with Crippen LogP contribution in [0.25, 0.3) is 0 Å². The normalized spacial score (nSPS) is 21.1. The highest BCUT2D eigenvalue weighted by Gasteiger charge is 2.38. The van der Waals surface area contributed by atoms with E-state index in [2.05, 4.69) is 29.6 Å². The monoisotopic (exact) mass is 419 g/mol. The summed E-state index contributed by atoms with van der Waals surface area (Å²) in [7, 11) is 1.60. The summed E-state index contributed by atoms with van der Waals surface area (Å²) in [5.41, 5.74) is 4.74. The molecule has 0 saturated carbocycles. The van der Waals surface area contributed by atoms with Crippen LogP contribution in [0.4, 0.5) is 0 Å². The molecule has 1 aliphatic heterocycles. The Morgan fingerprint density at radius 1 is 0.935 bits per heavy atom. The molecule has 0 saturated heterocycles. The van der Waals surface area contributed by atoms with Crippen LogP contribution < -0.4 is 14.8 Å². The number of carbonyl (C=O) groups is 2. The SMILES string of the molecule is COc1cc(C2CC(=O)NC3=C2C(=O)CC(c2ccc(C)cc2)C3)ccc1OC(C)C. The van der Waals surface area contributed by atoms with Crippen molar-refractivity contribution in [3.05, 3.63) is 70.4 Å². The van der Waals surface area contributed by atoms with E-state index in [1.165, 1.54) is 5.56 Å². The summed E-state index contributed by atoms with van der Waals surface area (Å²) >= 11 is 0. The van der Waals surface area contributed by atoms with Crippen molar-refractivity contribution in [2.45, 2.75) is 58.0 Å². The predicted molar refractivity (Wildman–Crippen MR) is 119 cm³/mol. The van der Waals surface area contributed by atoms with Gasteiger partial charge in [0.25, 0.3) is 0 Å². The highest BCUT2D eigenvalue weighted by Crippen LogP contribution is 2.44. The Hall–Kier alpha value is -3.08. The fourth-order valence-electron chi connectivity index (χ4n) is 4.57. The van der Waals surface area contributed by atoms with Crippen LogP contribution in [0.2, 0.25) is 0 Å². The molecule has 1 aliphatic carbocycles. The van der Waals surface area contributed by atoms with Crippen molar-refractivity contribution in [3.8, 4) is 11.5 Å². The van der Waals surface area contributed by atoms with Crippen LogP contribution in [0.1, 0.15) is 61.6 Å². The van der Waals surface area contributed by atoms with Crippen molar-refractivity contribution in [3.63, 3.8) is 0 Å². The summed E-state index contributed by atoms with van der Waals surface area (Å²) in [5.74, 6) is 1.14. The number of methoxy groups -OCH3 is 1. The number of aryl methyl sites for hydroxylation is 1. The van der Waals surface area contributed by atoms with Gasteiger partial charge in [0.05, 0.1) is 13.2 Å². The average Bonchev–Trinajstić information content (AvgIpc) is 2.73. The molecule has 0 spiro atoms. The summed E-state index contributed by atoms with van der Waals surface area (Å²) in [5, 5.41) is 2.99. The van der Waals surface area contributed by atoms with Gasteiger partial charge in [-0.1, -0.05) is 35.9 Å². The molecule has 0 bridgehead atoms. The largest absolute Gasteiger partial charge is 0.493 e. The topological polar surface area (TPSA) is 64.6 Å². The molecule has 0 aromatic heterocycles. The Morgan fingerprint density at radius 3 is 2.32 bits per heavy atom. The number of Topliss-reactive ketones (excluding diaryl/α,β-unsaturated/α-hetero) is 1. The molecule has 2 aromatic rings. The highest BCUT2D eigenvalue weighted by atomic mass is 16.5. The first-order valence-electron chi connectivity index (χ1n) is 10.8. The van der Waals surface area contributed by atoms with Crippen molar-refractivity contribution < 1.29 is 19.1 Å². The Bertz CT molecular complexity index is 1040. The molecular formula is C26H29NO4. The minimum absolute atomic E-state index is 0.0214. The van der Waals surface area contributed by atoms with E-state index in [1.54, 1.807) is 7.11 Å². The average molecular weight is 420 g/mol. The molecule has 5 nitrogen and oxygen atoms in total. The molecule has 31 heavy (non-hydrogen) atoms. The van der Waals surface area contributed by atoms with E-state index in [0.717, 1.165) is 22.4 Å². The van der Waals surface area contributed by atoms with E-state index in [9.17, 15) is 9.59 Å². The zero-order valence-electron chi connectivity index (χ0n) is 18.5. The summed E-state index contributed by atoms with van der Waals surface area (Å²) < 4.78 is 11.3. The molecule has 0 radical (unpaired) electrons. The number of ketones is 1. The lowest BCUT2D eigenvalue weighted by atomic mass is 9.73. The fourth-order valence-corrected chi connectivity index (χ4v) is 4.57. The third-order valence-electron chi connectivity index (χ3n) is 6.04. The number of benzene rings is 2. The van der Waals surface area contributed by atoms with E-state index in [1.807, 2.05) is 39.0 Å². The summed E-state index contributed by atoms with van der Waals surface area (Å²) in [6.07, 6.45) is 1.40. The third-order valence-corrected chi connectivity index (χ3v) is 6.04. The molecular weight excluding hydrogens is 390 g/mol. The molecule has 1 amide bonds. The van der Waals surface area contributed by atoms with Gasteiger partial charge in [0.15, 0.2) is 17.3 Å². The number of allylic oxidation sites excluding steroid dienone is 2. The van der Waals surface area contributed by atoms with Crippen molar-refractivity contribution in [1.82, 2.24) is 5.32 Å². The minimum atomic E-state index is -0.266. The first-order valence-corrected chi connectivity index (χ1v) is 10.8. The van der Waals surface area contributed by atoms with Gasteiger partial charge in [-0.05, 0) is 56.4 Å². The van der Waals surface area contributed by atoms with Crippen LogP contribution in [0.15, 0.2) is 53.7 Å². The number of amides is 1. The van der Waals surface area contributed by atoms with E-state index in [0.29, 0.717) is 24.3 Å². The van der Waals surface area contributed by atoms with E-state index < -0.39 is 0 Å². The second kappa shape index (κ2) is 8.58. The van der Waals surface area contributed by atoms with Crippen molar-refractivity contribution in [2.24, 2.45) is 0 Å². The van der Waals surface area contributed by atoms with Gasteiger partial charge in [-0.15, -0.1) is 0 Å². The predicted octanol–water partition coefficient (Wildman–Crippen LogP) is 4.80. The van der Waals surface area contributed by atoms with Crippen molar-refractivity contribution in [1.29, 1.82) is 0 Å². The van der Waals surface area contributed by atoms with Crippen LogP contribution in [-0.4, -0.2) is 24.9 Å². The van der Waals surface area contributed by atoms with Gasteiger partial charge < -0.3 is 14.8 Å². The standard InChI is InChI=1S/C26H29NO4/c1-15(2)31-23-10-9-18(13-24(23)30-4)20-14-25(29)27-21-11-19(12-22(28)26(20)21)17-7-5-16(3)6-8-17/h5-10,13,15,19-20H,11-12,14H2,1-4H3,(H,27,29). The number of hydrogen-bond acceptors (Lipinski definition) is 4. The Labute approximate surface area is 183 Å². The van der Waals surface area contributed by atoms with Crippen molar-refractivity contribution in [2.75, 3.05) is 7.11 Å². The highest BCUT2D eigenvalue weighted by molar-refractivity contribution is 6.02. The van der Waals surface area contributed by atoms with Gasteiger partial charge >= 0.3 is 0 Å². The quantitative estimate of drug-likeness (QED) is 0.756. The van der Waals surface area contributed by atoms with Gasteiger partial charge in [0.2, 0.25) is 5.91 Å². The molecule has 162 valence electrons. The van der Waals surface area contributed by atoms with E-state index >= 15 is 0 Å². The van der Waals surface area contributed by atoms with Crippen LogP contribution in [0.5, 0.6) is 11.5 Å².